The number of sulfone groups is 1. The fourth-order valence-corrected chi connectivity index (χ4v) is 5.14. The SMILES string of the molecule is CC(OCCC(C)(C)S(=O)(=O)c1cccc(C(F)(F)F)c1)c1ncc(S(C)=O)cc1Cl. The van der Waals surface area contributed by atoms with E-state index in [2.05, 4.69) is 4.98 Å². The first-order valence-corrected chi connectivity index (χ1v) is 12.6. The molecule has 11 heteroatoms. The van der Waals surface area contributed by atoms with E-state index in [1.807, 2.05) is 0 Å². The highest BCUT2D eigenvalue weighted by Crippen LogP contribution is 2.34. The van der Waals surface area contributed by atoms with E-state index in [1.165, 1.54) is 32.4 Å². The standard InChI is InChI=1S/C20H23ClF3NO4S2/c1-13(18-17(21)11-15(12-25-18)30(4)26)29-9-8-19(2,3)31(27,28)16-7-5-6-14(10-16)20(22,23)24/h5-7,10-13H,8-9H2,1-4H3. The molecule has 31 heavy (non-hydrogen) atoms. The zero-order valence-corrected chi connectivity index (χ0v) is 19.8. The number of hydrogen-bond donors (Lipinski definition) is 0. The summed E-state index contributed by atoms with van der Waals surface area (Å²) in [7, 11) is -5.30. The smallest absolute Gasteiger partial charge is 0.372 e. The molecule has 0 fully saturated rings. The summed E-state index contributed by atoms with van der Waals surface area (Å²) in [6, 6.07) is 5.22. The summed E-state index contributed by atoms with van der Waals surface area (Å²) in [4.78, 5) is 4.24. The van der Waals surface area contributed by atoms with E-state index in [4.69, 9.17) is 16.3 Å². The average Bonchev–Trinajstić information content (AvgIpc) is 2.66. The van der Waals surface area contributed by atoms with Crippen molar-refractivity contribution in [3.8, 4) is 0 Å². The Hall–Kier alpha value is -1.49. The molecule has 2 rings (SSSR count). The number of pyridine rings is 1. The lowest BCUT2D eigenvalue weighted by atomic mass is 10.1. The van der Waals surface area contributed by atoms with Gasteiger partial charge in [0.2, 0.25) is 0 Å². The van der Waals surface area contributed by atoms with Crippen LogP contribution in [0.15, 0.2) is 46.3 Å². The molecule has 0 N–H and O–H groups in total. The number of aromatic nitrogens is 1. The lowest BCUT2D eigenvalue weighted by Gasteiger charge is -2.26. The van der Waals surface area contributed by atoms with E-state index in [0.29, 0.717) is 16.7 Å². The van der Waals surface area contributed by atoms with E-state index in [9.17, 15) is 25.8 Å². The van der Waals surface area contributed by atoms with Crippen molar-refractivity contribution in [3.05, 3.63) is 52.8 Å². The second kappa shape index (κ2) is 9.56. The molecule has 2 aromatic rings. The molecule has 0 aliphatic heterocycles. The van der Waals surface area contributed by atoms with Crippen molar-refractivity contribution in [1.29, 1.82) is 0 Å². The number of alkyl halides is 3. The maximum Gasteiger partial charge on any atom is 0.416 e. The van der Waals surface area contributed by atoms with E-state index in [-0.39, 0.29) is 18.1 Å². The van der Waals surface area contributed by atoms with Crippen LogP contribution in [0.4, 0.5) is 13.2 Å². The summed E-state index contributed by atoms with van der Waals surface area (Å²) in [6.45, 7) is 4.57. The second-order valence-electron chi connectivity index (χ2n) is 7.54. The third kappa shape index (κ3) is 6.06. The Kier molecular flexibility index (Phi) is 7.95. The predicted molar refractivity (Wildman–Crippen MR) is 113 cm³/mol. The van der Waals surface area contributed by atoms with Crippen LogP contribution in [0.3, 0.4) is 0 Å². The van der Waals surface area contributed by atoms with Crippen molar-refractivity contribution >= 4 is 32.2 Å². The van der Waals surface area contributed by atoms with Gasteiger partial charge < -0.3 is 4.74 Å². The van der Waals surface area contributed by atoms with Crippen LogP contribution in [-0.4, -0.2) is 35.2 Å². The third-order valence-electron chi connectivity index (χ3n) is 4.83. The Bertz CT molecular complexity index is 1070. The van der Waals surface area contributed by atoms with E-state index in [0.717, 1.165) is 18.2 Å². The first-order chi connectivity index (χ1) is 14.2. The Morgan fingerprint density at radius 3 is 2.42 bits per heavy atom. The molecule has 0 aliphatic carbocycles. The number of rotatable bonds is 8. The Balaban J connectivity index is 2.11. The number of hydrogen-bond acceptors (Lipinski definition) is 5. The van der Waals surface area contributed by atoms with Gasteiger partial charge in [-0.05, 0) is 51.5 Å². The molecule has 1 aromatic carbocycles. The topological polar surface area (TPSA) is 73.3 Å². The predicted octanol–water partition coefficient (Wildman–Crippen LogP) is 5.21. The van der Waals surface area contributed by atoms with Crippen LogP contribution in [0.1, 0.15) is 44.6 Å². The first-order valence-electron chi connectivity index (χ1n) is 9.19. The summed E-state index contributed by atoms with van der Waals surface area (Å²) in [5.41, 5.74) is -0.610. The van der Waals surface area contributed by atoms with Gasteiger partial charge >= 0.3 is 6.18 Å². The van der Waals surface area contributed by atoms with Crippen LogP contribution in [0.2, 0.25) is 5.02 Å². The number of ether oxygens (including phenoxy) is 1. The zero-order valence-electron chi connectivity index (χ0n) is 17.4. The van der Waals surface area contributed by atoms with Crippen molar-refractivity contribution in [2.45, 2.75) is 54.0 Å². The maximum atomic E-state index is 13.0. The van der Waals surface area contributed by atoms with E-state index < -0.39 is 48.1 Å². The quantitative estimate of drug-likeness (QED) is 0.500. The van der Waals surface area contributed by atoms with Gasteiger partial charge in [0.05, 0.1) is 47.7 Å². The zero-order chi connectivity index (χ0) is 23.6. The minimum atomic E-state index is -4.64. The highest BCUT2D eigenvalue weighted by Gasteiger charge is 2.38. The molecular weight excluding hydrogens is 475 g/mol. The maximum absolute atomic E-state index is 13.0. The van der Waals surface area contributed by atoms with Crippen LogP contribution in [0.5, 0.6) is 0 Å². The van der Waals surface area contributed by atoms with E-state index in [1.54, 1.807) is 6.92 Å². The summed E-state index contributed by atoms with van der Waals surface area (Å²) in [5.74, 6) is 0. The van der Waals surface area contributed by atoms with Gasteiger partial charge in [0.15, 0.2) is 9.84 Å². The third-order valence-corrected chi connectivity index (χ3v) is 8.56. The lowest BCUT2D eigenvalue weighted by Crippen LogP contribution is -2.33. The van der Waals surface area contributed by atoms with Crippen molar-refractivity contribution < 1.29 is 30.5 Å². The molecule has 1 aromatic heterocycles. The number of halogens is 4. The monoisotopic (exact) mass is 497 g/mol. The summed E-state index contributed by atoms with van der Waals surface area (Å²) in [6.07, 6.45) is -2.25. The largest absolute Gasteiger partial charge is 0.416 e. The van der Waals surface area contributed by atoms with Crippen LogP contribution >= 0.6 is 11.6 Å². The van der Waals surface area contributed by atoms with Gasteiger partial charge in [0, 0.05) is 19.1 Å². The van der Waals surface area contributed by atoms with Gasteiger partial charge in [0.25, 0.3) is 0 Å². The van der Waals surface area contributed by atoms with Crippen molar-refractivity contribution in [2.24, 2.45) is 0 Å². The molecule has 1 heterocycles. The second-order valence-corrected chi connectivity index (χ2v) is 11.9. The van der Waals surface area contributed by atoms with Gasteiger partial charge in [-0.15, -0.1) is 0 Å². The Morgan fingerprint density at radius 1 is 1.23 bits per heavy atom. The molecule has 0 amide bonds. The number of nitrogens with zero attached hydrogens (tertiary/aromatic N) is 1. The molecule has 2 unspecified atom stereocenters. The summed E-state index contributed by atoms with van der Waals surface area (Å²) in [5, 5.41) is 0.274. The molecule has 0 radical (unpaired) electrons. The van der Waals surface area contributed by atoms with Crippen LogP contribution in [-0.2, 0) is 31.5 Å². The first kappa shape index (κ1) is 25.8. The van der Waals surface area contributed by atoms with E-state index >= 15 is 0 Å². The summed E-state index contributed by atoms with van der Waals surface area (Å²) >= 11 is 6.18. The highest BCUT2D eigenvalue weighted by atomic mass is 35.5. The van der Waals surface area contributed by atoms with Gasteiger partial charge in [-0.1, -0.05) is 17.7 Å². The minimum absolute atomic E-state index is 0.00578. The molecule has 0 bridgehead atoms. The summed E-state index contributed by atoms with van der Waals surface area (Å²) < 4.78 is 80.6. The fourth-order valence-electron chi connectivity index (χ4n) is 2.74. The van der Waals surface area contributed by atoms with Gasteiger partial charge in [0.1, 0.15) is 0 Å². The van der Waals surface area contributed by atoms with Gasteiger partial charge in [-0.2, -0.15) is 13.2 Å². The molecule has 5 nitrogen and oxygen atoms in total. The Morgan fingerprint density at radius 2 is 1.87 bits per heavy atom. The van der Waals surface area contributed by atoms with Crippen LogP contribution in [0, 0.1) is 0 Å². The molecular formula is C20H23ClF3NO4S2. The lowest BCUT2D eigenvalue weighted by molar-refractivity contribution is -0.137. The molecule has 172 valence electrons. The molecule has 0 saturated carbocycles. The average molecular weight is 498 g/mol. The number of benzene rings is 1. The molecule has 0 saturated heterocycles. The van der Waals surface area contributed by atoms with Crippen molar-refractivity contribution in [3.63, 3.8) is 0 Å². The minimum Gasteiger partial charge on any atom is -0.372 e. The Labute approximate surface area is 187 Å². The molecule has 2 atom stereocenters. The highest BCUT2D eigenvalue weighted by molar-refractivity contribution is 7.92. The van der Waals surface area contributed by atoms with Crippen LogP contribution in [0.25, 0.3) is 0 Å². The normalized spacial score (nSPS) is 15.0. The fraction of sp³-hybridized carbons (Fsp3) is 0.450. The molecule has 0 aliphatic rings. The van der Waals surface area contributed by atoms with Gasteiger partial charge in [-0.3, -0.25) is 9.19 Å². The van der Waals surface area contributed by atoms with Crippen molar-refractivity contribution in [2.75, 3.05) is 12.9 Å². The van der Waals surface area contributed by atoms with Crippen molar-refractivity contribution in [1.82, 2.24) is 4.98 Å². The van der Waals surface area contributed by atoms with Gasteiger partial charge in [-0.25, -0.2) is 8.42 Å². The van der Waals surface area contributed by atoms with Crippen LogP contribution < -0.4 is 0 Å². The molecule has 0 spiro atoms.